The minimum Gasteiger partial charge on any atom is -0.491 e. The molecule has 0 unspecified atom stereocenters. The van der Waals surface area contributed by atoms with Gasteiger partial charge < -0.3 is 14.5 Å². The van der Waals surface area contributed by atoms with Gasteiger partial charge in [-0.1, -0.05) is 49.7 Å². The molecule has 5 nitrogen and oxygen atoms in total. The lowest BCUT2D eigenvalue weighted by atomic mass is 10.00. The van der Waals surface area contributed by atoms with E-state index in [-0.39, 0.29) is 24.4 Å². The van der Waals surface area contributed by atoms with E-state index in [2.05, 4.69) is 25.3 Å². The zero-order valence-electron chi connectivity index (χ0n) is 20.8. The molecule has 184 valence electrons. The van der Waals surface area contributed by atoms with Crippen LogP contribution in [-0.2, 0) is 11.2 Å². The molecule has 6 heteroatoms. The molecule has 1 aliphatic heterocycles. The average molecular weight is 491 g/mol. The van der Waals surface area contributed by atoms with Crippen molar-refractivity contribution in [3.05, 3.63) is 87.6 Å². The van der Waals surface area contributed by atoms with Gasteiger partial charge in [-0.05, 0) is 67.0 Å². The Morgan fingerprint density at radius 3 is 2.66 bits per heavy atom. The van der Waals surface area contributed by atoms with Crippen LogP contribution in [0.5, 0.6) is 5.75 Å². The molecule has 0 aliphatic carbocycles. The van der Waals surface area contributed by atoms with E-state index in [1.54, 1.807) is 16.2 Å². The smallest absolute Gasteiger partial charge is 0.254 e. The summed E-state index contributed by atoms with van der Waals surface area (Å²) in [7, 11) is 0. The average Bonchev–Trinajstić information content (AvgIpc) is 3.34. The minimum atomic E-state index is -0.168. The maximum atomic E-state index is 13.7. The quantitative estimate of drug-likeness (QED) is 0.384. The maximum Gasteiger partial charge on any atom is 0.254 e. The molecule has 0 bridgehead atoms. The van der Waals surface area contributed by atoms with Gasteiger partial charge in [0, 0.05) is 23.5 Å². The van der Waals surface area contributed by atoms with Crippen LogP contribution >= 0.6 is 11.3 Å². The molecule has 2 amide bonds. The molecule has 4 rings (SSSR count). The number of para-hydroxylation sites is 1. The van der Waals surface area contributed by atoms with Crippen LogP contribution in [0.15, 0.2) is 66.0 Å². The molecule has 2 aromatic carbocycles. The number of carbonyl (C=O) groups excluding carboxylic acids is 2. The van der Waals surface area contributed by atoms with Gasteiger partial charge >= 0.3 is 0 Å². The number of hydrogen-bond donors (Lipinski definition) is 0. The van der Waals surface area contributed by atoms with Gasteiger partial charge in [-0.3, -0.25) is 9.59 Å². The molecule has 3 aromatic rings. The van der Waals surface area contributed by atoms with Gasteiger partial charge in [0.2, 0.25) is 5.91 Å². The largest absolute Gasteiger partial charge is 0.491 e. The van der Waals surface area contributed by atoms with Crippen LogP contribution in [0.25, 0.3) is 0 Å². The molecule has 0 radical (unpaired) electrons. The first kappa shape index (κ1) is 25.0. The normalized spacial score (nSPS) is 15.1. The van der Waals surface area contributed by atoms with Crippen molar-refractivity contribution < 1.29 is 14.3 Å². The Balaban J connectivity index is 1.53. The van der Waals surface area contributed by atoms with Crippen LogP contribution in [0.1, 0.15) is 52.7 Å². The van der Waals surface area contributed by atoms with Crippen molar-refractivity contribution >= 4 is 23.2 Å². The molecule has 35 heavy (non-hydrogen) atoms. The predicted octanol–water partition coefficient (Wildman–Crippen LogP) is 5.75. The number of fused-ring (bicyclic) bond motifs is 1. The van der Waals surface area contributed by atoms with Crippen molar-refractivity contribution in [2.75, 3.05) is 26.2 Å². The summed E-state index contributed by atoms with van der Waals surface area (Å²) in [5.74, 6) is 1.10. The third-order valence-corrected chi connectivity index (χ3v) is 7.42. The van der Waals surface area contributed by atoms with E-state index in [1.165, 1.54) is 4.88 Å². The summed E-state index contributed by atoms with van der Waals surface area (Å²) in [6, 6.07) is 19.2. The standard InChI is InChI=1S/C29H34N2O3S/c1-21(2)12-15-30(29(33)23-9-7-8-22(3)18-23)19-28(32)31-16-13-27-25(14-17-35-27)26(31)20-34-24-10-5-4-6-11-24/h4-11,14,17-18,21,26H,12-13,15-16,19-20H2,1-3H3/t26-/m0/s1. The highest BCUT2D eigenvalue weighted by molar-refractivity contribution is 7.10. The van der Waals surface area contributed by atoms with Crippen molar-refractivity contribution in [2.45, 2.75) is 39.7 Å². The van der Waals surface area contributed by atoms with E-state index in [0.29, 0.717) is 31.2 Å². The van der Waals surface area contributed by atoms with Crippen molar-refractivity contribution in [2.24, 2.45) is 5.92 Å². The molecule has 1 aliphatic rings. The first-order valence-corrected chi connectivity index (χ1v) is 13.2. The molecule has 2 heterocycles. The third kappa shape index (κ3) is 6.31. The zero-order valence-corrected chi connectivity index (χ0v) is 21.6. The Morgan fingerprint density at radius 2 is 1.91 bits per heavy atom. The van der Waals surface area contributed by atoms with E-state index in [0.717, 1.165) is 29.7 Å². The molecule has 0 fully saturated rings. The van der Waals surface area contributed by atoms with Gasteiger partial charge in [0.25, 0.3) is 5.91 Å². The highest BCUT2D eigenvalue weighted by atomic mass is 32.1. The number of carbonyl (C=O) groups is 2. The monoisotopic (exact) mass is 490 g/mol. The number of aryl methyl sites for hydroxylation is 1. The second-order valence-electron chi connectivity index (χ2n) is 9.55. The number of ether oxygens (including phenoxy) is 1. The Kier molecular flexibility index (Phi) is 8.24. The summed E-state index contributed by atoms with van der Waals surface area (Å²) >= 11 is 1.74. The van der Waals surface area contributed by atoms with Crippen LogP contribution in [0.4, 0.5) is 0 Å². The van der Waals surface area contributed by atoms with E-state index in [4.69, 9.17) is 4.74 Å². The van der Waals surface area contributed by atoms with E-state index < -0.39 is 0 Å². The lowest BCUT2D eigenvalue weighted by molar-refractivity contribution is -0.135. The maximum absolute atomic E-state index is 13.7. The van der Waals surface area contributed by atoms with Crippen LogP contribution in [-0.4, -0.2) is 47.9 Å². The van der Waals surface area contributed by atoms with E-state index >= 15 is 0 Å². The first-order chi connectivity index (χ1) is 16.9. The van der Waals surface area contributed by atoms with Gasteiger partial charge in [-0.2, -0.15) is 0 Å². The van der Waals surface area contributed by atoms with Crippen LogP contribution in [0, 0.1) is 12.8 Å². The van der Waals surface area contributed by atoms with E-state index in [9.17, 15) is 9.59 Å². The van der Waals surface area contributed by atoms with Crippen LogP contribution < -0.4 is 4.74 Å². The number of rotatable bonds is 9. The molecule has 0 N–H and O–H groups in total. The Bertz CT molecular complexity index is 1140. The number of hydrogen-bond acceptors (Lipinski definition) is 4. The Labute approximate surface area is 212 Å². The summed E-state index contributed by atoms with van der Waals surface area (Å²) in [5.41, 5.74) is 2.82. The summed E-state index contributed by atoms with van der Waals surface area (Å²) in [4.78, 5) is 32.0. The molecule has 0 saturated heterocycles. The summed E-state index contributed by atoms with van der Waals surface area (Å²) in [6.45, 7) is 7.89. The van der Waals surface area contributed by atoms with Crippen molar-refractivity contribution in [1.29, 1.82) is 0 Å². The molecule has 1 aromatic heterocycles. The summed E-state index contributed by atoms with van der Waals surface area (Å²) in [5, 5.41) is 2.09. The zero-order chi connectivity index (χ0) is 24.8. The first-order valence-electron chi connectivity index (χ1n) is 12.3. The van der Waals surface area contributed by atoms with E-state index in [1.807, 2.05) is 66.4 Å². The highest BCUT2D eigenvalue weighted by Gasteiger charge is 2.33. The predicted molar refractivity (Wildman–Crippen MR) is 141 cm³/mol. The second-order valence-corrected chi connectivity index (χ2v) is 10.6. The minimum absolute atomic E-state index is 0.0340. The summed E-state index contributed by atoms with van der Waals surface area (Å²) in [6.07, 6.45) is 1.68. The molecular formula is C29H34N2O3S. The lowest BCUT2D eigenvalue weighted by Crippen LogP contribution is -2.48. The topological polar surface area (TPSA) is 49.9 Å². The fraction of sp³-hybridized carbons (Fsp3) is 0.379. The summed E-state index contributed by atoms with van der Waals surface area (Å²) < 4.78 is 6.10. The van der Waals surface area contributed by atoms with Crippen molar-refractivity contribution in [3.63, 3.8) is 0 Å². The van der Waals surface area contributed by atoms with Crippen molar-refractivity contribution in [1.82, 2.24) is 9.80 Å². The fourth-order valence-corrected chi connectivity index (χ4v) is 5.38. The SMILES string of the molecule is Cc1cccc(C(=O)N(CCC(C)C)CC(=O)N2CCc3sccc3[C@@H]2COc2ccccc2)c1. The molecular weight excluding hydrogens is 456 g/mol. The molecule has 1 atom stereocenters. The highest BCUT2D eigenvalue weighted by Crippen LogP contribution is 2.34. The second kappa shape index (κ2) is 11.5. The lowest BCUT2D eigenvalue weighted by Gasteiger charge is -2.37. The van der Waals surface area contributed by atoms with Crippen LogP contribution in [0.3, 0.4) is 0 Å². The fourth-order valence-electron chi connectivity index (χ4n) is 4.45. The van der Waals surface area contributed by atoms with Gasteiger partial charge in [0.1, 0.15) is 18.9 Å². The number of nitrogens with zero attached hydrogens (tertiary/aromatic N) is 2. The van der Waals surface area contributed by atoms with Gasteiger partial charge in [0.05, 0.1) is 6.04 Å². The number of benzene rings is 2. The Hall–Kier alpha value is -3.12. The van der Waals surface area contributed by atoms with Crippen LogP contribution in [0.2, 0.25) is 0 Å². The third-order valence-electron chi connectivity index (χ3n) is 6.42. The van der Waals surface area contributed by atoms with Crippen molar-refractivity contribution in [3.8, 4) is 5.75 Å². The van der Waals surface area contributed by atoms with Gasteiger partial charge in [-0.15, -0.1) is 11.3 Å². The van der Waals surface area contributed by atoms with Gasteiger partial charge in [-0.25, -0.2) is 0 Å². The van der Waals surface area contributed by atoms with Gasteiger partial charge in [0.15, 0.2) is 0 Å². The number of thiophene rings is 1. The molecule has 0 spiro atoms. The molecule has 0 saturated carbocycles. The Morgan fingerprint density at radius 1 is 1.11 bits per heavy atom. The number of amides is 2.